The largest absolute Gasteiger partial charge is 0.397 e. The molecule has 1 aliphatic heterocycles. The second-order valence-electron chi connectivity index (χ2n) is 13.5. The lowest BCUT2D eigenvalue weighted by molar-refractivity contribution is -0.245. The molecule has 1 fully saturated rings. The van der Waals surface area contributed by atoms with Crippen LogP contribution in [0.5, 0.6) is 0 Å². The quantitative estimate of drug-likeness (QED) is 0.0530. The Kier molecular flexibility index (Phi) is 13.7. The van der Waals surface area contributed by atoms with E-state index in [1.165, 1.54) is 6.92 Å². The van der Waals surface area contributed by atoms with Crippen molar-refractivity contribution < 1.29 is 29.0 Å². The molecule has 6 N–H and O–H groups in total. The highest BCUT2D eigenvalue weighted by Gasteiger charge is 2.32. The van der Waals surface area contributed by atoms with E-state index in [-0.39, 0.29) is 49.4 Å². The van der Waals surface area contributed by atoms with E-state index < -0.39 is 6.29 Å². The molecule has 55 heavy (non-hydrogen) atoms. The molecule has 1 heterocycles. The zero-order valence-corrected chi connectivity index (χ0v) is 31.5. The number of ether oxygens (including phenoxy) is 2. The number of amides is 3. The van der Waals surface area contributed by atoms with Gasteiger partial charge in [-0.15, -0.1) is 11.8 Å². The van der Waals surface area contributed by atoms with Crippen LogP contribution in [0.15, 0.2) is 126 Å². The third-order valence-corrected chi connectivity index (χ3v) is 10.3. The predicted octanol–water partition coefficient (Wildman–Crippen LogP) is 8.15. The van der Waals surface area contributed by atoms with E-state index in [4.69, 9.17) is 15.2 Å². The molecule has 11 heteroatoms. The first-order valence-electron chi connectivity index (χ1n) is 18.3. The van der Waals surface area contributed by atoms with Gasteiger partial charge in [-0.3, -0.25) is 14.4 Å². The Balaban J connectivity index is 1.08. The highest BCUT2D eigenvalue weighted by molar-refractivity contribution is 7.99. The van der Waals surface area contributed by atoms with Crippen molar-refractivity contribution in [3.63, 3.8) is 0 Å². The number of aliphatic hydroxyl groups is 1. The van der Waals surface area contributed by atoms with Crippen molar-refractivity contribution in [1.29, 1.82) is 0 Å². The summed E-state index contributed by atoms with van der Waals surface area (Å²) in [6, 6.07) is 38.9. The van der Waals surface area contributed by atoms with Crippen molar-refractivity contribution >= 4 is 46.5 Å². The van der Waals surface area contributed by atoms with Crippen LogP contribution in [-0.4, -0.2) is 34.7 Å². The van der Waals surface area contributed by atoms with Crippen LogP contribution in [0.2, 0.25) is 0 Å². The summed E-state index contributed by atoms with van der Waals surface area (Å²) in [5, 5.41) is 18.2. The molecule has 1 saturated heterocycles. The van der Waals surface area contributed by atoms with E-state index in [9.17, 15) is 19.5 Å². The number of nitrogens with one attached hydrogen (secondary N) is 3. The fourth-order valence-electron chi connectivity index (χ4n) is 6.30. The standard InChI is InChI=1S/C44H46N4O6S/c1-29(50)47-36-19-21-38(22-20-36)55-28-37-25-41(32-17-15-30(27-49)16-18-32)54-44(53-37)35-10-5-9-34(24-35)33-8-4-7-31(23-33)26-46-42(51)13-6-14-43(52)48-40-12-3-2-11-39(40)45/h2-5,7-12,15-24,37,41,44,49H,6,13-14,25-28,45H2,1H3,(H,46,51)(H,47,50)(H,48,52)/t37-,41+,44+/m1/s1. The summed E-state index contributed by atoms with van der Waals surface area (Å²) in [6.45, 7) is 1.83. The maximum Gasteiger partial charge on any atom is 0.224 e. The molecule has 0 bridgehead atoms. The van der Waals surface area contributed by atoms with Crippen molar-refractivity contribution in [3.05, 3.63) is 144 Å². The molecule has 5 aromatic carbocycles. The number of carbonyl (C=O) groups excluding carboxylic acids is 3. The molecule has 3 amide bonds. The topological polar surface area (TPSA) is 152 Å². The lowest BCUT2D eigenvalue weighted by Crippen LogP contribution is -2.31. The summed E-state index contributed by atoms with van der Waals surface area (Å²) >= 11 is 1.69. The smallest absolute Gasteiger partial charge is 0.224 e. The SMILES string of the molecule is CC(=O)Nc1ccc(SC[C@H]2C[C@@H](c3ccc(CO)cc3)O[C@@H](c3cccc(-c4cccc(CNC(=O)CCCC(=O)Nc5ccccc5N)c4)c3)O2)cc1. The van der Waals surface area contributed by atoms with Gasteiger partial charge < -0.3 is 36.3 Å². The number of nitrogen functional groups attached to an aromatic ring is 1. The van der Waals surface area contributed by atoms with Crippen LogP contribution in [0.1, 0.15) is 67.3 Å². The van der Waals surface area contributed by atoms with Gasteiger partial charge in [0.15, 0.2) is 6.29 Å². The Morgan fingerprint density at radius 1 is 0.764 bits per heavy atom. The fourth-order valence-corrected chi connectivity index (χ4v) is 7.22. The van der Waals surface area contributed by atoms with Gasteiger partial charge in [-0.25, -0.2) is 0 Å². The monoisotopic (exact) mass is 758 g/mol. The Morgan fingerprint density at radius 3 is 2.24 bits per heavy atom. The van der Waals surface area contributed by atoms with Crippen molar-refractivity contribution in [3.8, 4) is 11.1 Å². The van der Waals surface area contributed by atoms with Crippen LogP contribution in [-0.2, 0) is 37.0 Å². The van der Waals surface area contributed by atoms with Gasteiger partial charge in [-0.1, -0.05) is 72.8 Å². The van der Waals surface area contributed by atoms with Crippen LogP contribution in [0.3, 0.4) is 0 Å². The molecule has 0 aromatic heterocycles. The number of para-hydroxylation sites is 2. The number of carbonyl (C=O) groups is 3. The van der Waals surface area contributed by atoms with Crippen LogP contribution in [0.25, 0.3) is 11.1 Å². The predicted molar refractivity (Wildman–Crippen MR) is 217 cm³/mol. The lowest BCUT2D eigenvalue weighted by Gasteiger charge is -2.36. The Labute approximate surface area is 325 Å². The molecule has 5 aromatic rings. The molecule has 0 spiro atoms. The molecule has 10 nitrogen and oxygen atoms in total. The highest BCUT2D eigenvalue weighted by atomic mass is 32.2. The first-order chi connectivity index (χ1) is 26.7. The van der Waals surface area contributed by atoms with Gasteiger partial charge in [0.25, 0.3) is 0 Å². The summed E-state index contributed by atoms with van der Waals surface area (Å²) in [6.07, 6.45) is 0.587. The van der Waals surface area contributed by atoms with Crippen LogP contribution < -0.4 is 21.7 Å². The molecule has 0 aliphatic carbocycles. The van der Waals surface area contributed by atoms with Crippen molar-refractivity contribution in [2.45, 2.75) is 69.2 Å². The Bertz CT molecular complexity index is 2070. The number of aliphatic hydroxyl groups excluding tert-OH is 1. The average molecular weight is 759 g/mol. The molecular formula is C44H46N4O6S. The Morgan fingerprint density at radius 2 is 1.49 bits per heavy atom. The normalized spacial score (nSPS) is 16.6. The third kappa shape index (κ3) is 11.5. The van der Waals surface area contributed by atoms with Gasteiger partial charge >= 0.3 is 0 Å². The molecule has 0 unspecified atom stereocenters. The van der Waals surface area contributed by atoms with Gasteiger partial charge in [0.05, 0.1) is 30.2 Å². The van der Waals surface area contributed by atoms with Crippen molar-refractivity contribution in [1.82, 2.24) is 5.32 Å². The van der Waals surface area contributed by atoms with E-state index in [0.29, 0.717) is 36.5 Å². The molecule has 0 radical (unpaired) electrons. The van der Waals surface area contributed by atoms with E-state index in [1.54, 1.807) is 36.0 Å². The summed E-state index contributed by atoms with van der Waals surface area (Å²) in [5.74, 6) is 0.288. The highest BCUT2D eigenvalue weighted by Crippen LogP contribution is 2.40. The lowest BCUT2D eigenvalue weighted by atomic mass is 9.99. The minimum Gasteiger partial charge on any atom is -0.397 e. The number of hydrogen-bond acceptors (Lipinski definition) is 8. The van der Waals surface area contributed by atoms with E-state index in [0.717, 1.165) is 44.0 Å². The summed E-state index contributed by atoms with van der Waals surface area (Å²) < 4.78 is 13.2. The van der Waals surface area contributed by atoms with Crippen LogP contribution in [0, 0.1) is 0 Å². The number of nitrogens with two attached hydrogens (primary N) is 1. The number of benzene rings is 5. The number of rotatable bonds is 15. The average Bonchev–Trinajstić information content (AvgIpc) is 3.20. The molecule has 0 saturated carbocycles. The number of anilines is 3. The molecular weight excluding hydrogens is 713 g/mol. The maximum absolute atomic E-state index is 12.6. The van der Waals surface area contributed by atoms with Crippen LogP contribution in [0.4, 0.5) is 17.1 Å². The van der Waals surface area contributed by atoms with Gasteiger partial charge in [-0.2, -0.15) is 0 Å². The summed E-state index contributed by atoms with van der Waals surface area (Å²) in [5.41, 5.74) is 13.4. The maximum atomic E-state index is 12.6. The number of hydrogen-bond donors (Lipinski definition) is 5. The third-order valence-electron chi connectivity index (χ3n) is 9.18. The van der Waals surface area contributed by atoms with E-state index >= 15 is 0 Å². The molecule has 284 valence electrons. The first kappa shape index (κ1) is 39.2. The van der Waals surface area contributed by atoms with Crippen molar-refractivity contribution in [2.75, 3.05) is 22.1 Å². The van der Waals surface area contributed by atoms with Crippen molar-refractivity contribution in [2.24, 2.45) is 0 Å². The molecule has 1 aliphatic rings. The number of thioether (sulfide) groups is 1. The van der Waals surface area contributed by atoms with Crippen LogP contribution >= 0.6 is 11.8 Å². The van der Waals surface area contributed by atoms with Gasteiger partial charge in [0.1, 0.15) is 0 Å². The Hall–Kier alpha value is -5.46. The molecule has 3 atom stereocenters. The molecule has 6 rings (SSSR count). The summed E-state index contributed by atoms with van der Waals surface area (Å²) in [7, 11) is 0. The minimum atomic E-state index is -0.612. The fraction of sp³-hybridized carbons (Fsp3) is 0.250. The van der Waals surface area contributed by atoms with Gasteiger partial charge in [-0.05, 0) is 82.8 Å². The van der Waals surface area contributed by atoms with E-state index in [1.807, 2.05) is 84.9 Å². The van der Waals surface area contributed by atoms with Gasteiger partial charge in [0.2, 0.25) is 17.7 Å². The second-order valence-corrected chi connectivity index (χ2v) is 14.6. The summed E-state index contributed by atoms with van der Waals surface area (Å²) in [4.78, 5) is 37.5. The second kappa shape index (κ2) is 19.2. The van der Waals surface area contributed by atoms with E-state index in [2.05, 4.69) is 28.1 Å². The first-order valence-corrected chi connectivity index (χ1v) is 19.3. The zero-order valence-electron chi connectivity index (χ0n) is 30.7. The zero-order chi connectivity index (χ0) is 38.6. The van der Waals surface area contributed by atoms with Gasteiger partial charge in [0, 0.05) is 54.6 Å². The minimum absolute atomic E-state index is 0.0237.